The van der Waals surface area contributed by atoms with Crippen LogP contribution in [-0.2, 0) is 0 Å². The number of rotatable bonds is 8. The van der Waals surface area contributed by atoms with Gasteiger partial charge in [0.2, 0.25) is 0 Å². The molecule has 0 saturated heterocycles. The highest BCUT2D eigenvalue weighted by Gasteiger charge is 2.18. The maximum Gasteiger partial charge on any atom is 0.255 e. The highest BCUT2D eigenvalue weighted by atomic mass is 16.5. The Morgan fingerprint density at radius 3 is 2.48 bits per heavy atom. The smallest absolute Gasteiger partial charge is 0.255 e. The monoisotopic (exact) mass is 414 g/mol. The van der Waals surface area contributed by atoms with Gasteiger partial charge in [-0.2, -0.15) is 5.10 Å². The fraction of sp³-hybridized carbons (Fsp3) is 0.125. The van der Waals surface area contributed by atoms with E-state index in [0.29, 0.717) is 30.2 Å². The molecule has 2 aromatic heterocycles. The number of carbonyl (C=O) groups is 1. The number of benzene rings is 2. The van der Waals surface area contributed by atoms with Crippen molar-refractivity contribution in [1.29, 1.82) is 0 Å². The Balaban J connectivity index is 1.46. The van der Waals surface area contributed by atoms with Gasteiger partial charge in [-0.1, -0.05) is 18.2 Å². The normalized spacial score (nSPS) is 10.5. The third kappa shape index (κ3) is 4.90. The summed E-state index contributed by atoms with van der Waals surface area (Å²) in [5, 5.41) is 7.54. The SMILES string of the molecule is COc1ccc(OCCNC(=O)c2cn(-c3ccccc3)nc2-c2cccnc2)cc1. The molecule has 0 spiro atoms. The molecule has 0 fully saturated rings. The van der Waals surface area contributed by atoms with Crippen LogP contribution in [0.3, 0.4) is 0 Å². The molecular formula is C24H22N4O3. The molecule has 2 aromatic carbocycles. The van der Waals surface area contributed by atoms with E-state index in [9.17, 15) is 4.79 Å². The number of hydrogen-bond acceptors (Lipinski definition) is 5. The third-order valence-corrected chi connectivity index (χ3v) is 4.63. The first-order valence-electron chi connectivity index (χ1n) is 9.85. The van der Waals surface area contributed by atoms with Crippen molar-refractivity contribution in [1.82, 2.24) is 20.1 Å². The second kappa shape index (κ2) is 9.58. The van der Waals surface area contributed by atoms with Crippen molar-refractivity contribution in [3.05, 3.63) is 90.9 Å². The van der Waals surface area contributed by atoms with Gasteiger partial charge >= 0.3 is 0 Å². The van der Waals surface area contributed by atoms with Crippen LogP contribution in [0.15, 0.2) is 85.3 Å². The maximum absolute atomic E-state index is 12.9. The van der Waals surface area contributed by atoms with Crippen molar-refractivity contribution in [2.45, 2.75) is 0 Å². The molecule has 0 bridgehead atoms. The maximum atomic E-state index is 12.9. The van der Waals surface area contributed by atoms with Gasteiger partial charge in [-0.15, -0.1) is 0 Å². The fourth-order valence-electron chi connectivity index (χ4n) is 3.07. The number of carbonyl (C=O) groups excluding carboxylic acids is 1. The number of pyridine rings is 1. The van der Waals surface area contributed by atoms with Crippen molar-refractivity contribution in [2.24, 2.45) is 0 Å². The van der Waals surface area contributed by atoms with Crippen molar-refractivity contribution in [2.75, 3.05) is 20.3 Å². The molecule has 0 aliphatic carbocycles. The fourth-order valence-corrected chi connectivity index (χ4v) is 3.07. The molecule has 0 saturated carbocycles. The predicted molar refractivity (Wildman–Crippen MR) is 118 cm³/mol. The lowest BCUT2D eigenvalue weighted by atomic mass is 10.1. The van der Waals surface area contributed by atoms with E-state index in [-0.39, 0.29) is 5.91 Å². The molecule has 0 atom stereocenters. The second-order valence-corrected chi connectivity index (χ2v) is 6.69. The second-order valence-electron chi connectivity index (χ2n) is 6.69. The zero-order valence-corrected chi connectivity index (χ0v) is 17.1. The summed E-state index contributed by atoms with van der Waals surface area (Å²) >= 11 is 0. The summed E-state index contributed by atoms with van der Waals surface area (Å²) in [4.78, 5) is 17.1. The lowest BCUT2D eigenvalue weighted by molar-refractivity contribution is 0.0947. The number of amides is 1. The molecule has 1 N–H and O–H groups in total. The number of ether oxygens (including phenoxy) is 2. The van der Waals surface area contributed by atoms with Gasteiger partial charge in [0.05, 0.1) is 24.9 Å². The van der Waals surface area contributed by atoms with Crippen LogP contribution < -0.4 is 14.8 Å². The summed E-state index contributed by atoms with van der Waals surface area (Å²) in [5.41, 5.74) is 2.69. The Labute approximate surface area is 180 Å². The molecule has 0 aliphatic rings. The molecule has 4 rings (SSSR count). The number of nitrogens with zero attached hydrogens (tertiary/aromatic N) is 3. The number of hydrogen-bond donors (Lipinski definition) is 1. The van der Waals surface area contributed by atoms with Crippen LogP contribution in [0.2, 0.25) is 0 Å². The molecule has 31 heavy (non-hydrogen) atoms. The zero-order chi connectivity index (χ0) is 21.5. The largest absolute Gasteiger partial charge is 0.497 e. The van der Waals surface area contributed by atoms with Gasteiger partial charge < -0.3 is 14.8 Å². The number of nitrogens with one attached hydrogen (secondary N) is 1. The number of para-hydroxylation sites is 1. The van der Waals surface area contributed by atoms with Crippen LogP contribution in [0.25, 0.3) is 16.9 Å². The van der Waals surface area contributed by atoms with Crippen LogP contribution >= 0.6 is 0 Å². The molecule has 4 aromatic rings. The van der Waals surface area contributed by atoms with Gasteiger partial charge in [0.15, 0.2) is 0 Å². The van der Waals surface area contributed by atoms with E-state index in [1.54, 1.807) is 30.4 Å². The summed E-state index contributed by atoms with van der Waals surface area (Å²) in [6.07, 6.45) is 5.12. The summed E-state index contributed by atoms with van der Waals surface area (Å²) in [6.45, 7) is 0.695. The van der Waals surface area contributed by atoms with E-state index in [1.807, 2.05) is 66.7 Å². The Morgan fingerprint density at radius 2 is 1.77 bits per heavy atom. The Bertz CT molecular complexity index is 1130. The lowest BCUT2D eigenvalue weighted by Crippen LogP contribution is -2.28. The quantitative estimate of drug-likeness (QED) is 0.444. The summed E-state index contributed by atoms with van der Waals surface area (Å²) < 4.78 is 12.5. The average molecular weight is 414 g/mol. The molecular weight excluding hydrogens is 392 g/mol. The molecule has 1 amide bonds. The van der Waals surface area contributed by atoms with E-state index in [4.69, 9.17) is 9.47 Å². The Hall–Kier alpha value is -4.13. The first-order chi connectivity index (χ1) is 15.2. The minimum absolute atomic E-state index is 0.223. The molecule has 7 heteroatoms. The van der Waals surface area contributed by atoms with Crippen LogP contribution in [0.4, 0.5) is 0 Å². The van der Waals surface area contributed by atoms with E-state index < -0.39 is 0 Å². The van der Waals surface area contributed by atoms with Crippen molar-refractivity contribution in [3.63, 3.8) is 0 Å². The molecule has 0 aliphatic heterocycles. The highest BCUT2D eigenvalue weighted by molar-refractivity contribution is 5.99. The Kier molecular flexibility index (Phi) is 6.23. The van der Waals surface area contributed by atoms with Crippen LogP contribution in [0.5, 0.6) is 11.5 Å². The zero-order valence-electron chi connectivity index (χ0n) is 17.1. The molecule has 0 radical (unpaired) electrons. The minimum atomic E-state index is -0.223. The van der Waals surface area contributed by atoms with Crippen molar-refractivity contribution < 1.29 is 14.3 Å². The van der Waals surface area contributed by atoms with Crippen LogP contribution in [-0.4, -0.2) is 40.9 Å². The van der Waals surface area contributed by atoms with E-state index >= 15 is 0 Å². The Morgan fingerprint density at radius 1 is 1.00 bits per heavy atom. The highest BCUT2D eigenvalue weighted by Crippen LogP contribution is 2.23. The van der Waals surface area contributed by atoms with Crippen molar-refractivity contribution in [3.8, 4) is 28.4 Å². The molecule has 7 nitrogen and oxygen atoms in total. The van der Waals surface area contributed by atoms with Gasteiger partial charge in [-0.25, -0.2) is 4.68 Å². The minimum Gasteiger partial charge on any atom is -0.497 e. The summed E-state index contributed by atoms with van der Waals surface area (Å²) in [5.74, 6) is 1.25. The summed E-state index contributed by atoms with van der Waals surface area (Å²) in [7, 11) is 1.62. The first-order valence-corrected chi connectivity index (χ1v) is 9.85. The van der Waals surface area contributed by atoms with Crippen molar-refractivity contribution >= 4 is 5.91 Å². The van der Waals surface area contributed by atoms with Gasteiger partial charge in [0.25, 0.3) is 5.91 Å². The lowest BCUT2D eigenvalue weighted by Gasteiger charge is -2.08. The standard InChI is InChI=1S/C24H22N4O3/c1-30-20-9-11-21(12-10-20)31-15-14-26-24(29)22-17-28(19-7-3-2-4-8-19)27-23(22)18-6-5-13-25-16-18/h2-13,16-17H,14-15H2,1H3,(H,26,29). The van der Waals surface area contributed by atoms with E-state index in [0.717, 1.165) is 17.0 Å². The number of methoxy groups -OCH3 is 1. The van der Waals surface area contributed by atoms with E-state index in [2.05, 4.69) is 15.4 Å². The third-order valence-electron chi connectivity index (χ3n) is 4.63. The molecule has 156 valence electrons. The molecule has 0 unspecified atom stereocenters. The van der Waals surface area contributed by atoms with Gasteiger partial charge in [-0.3, -0.25) is 9.78 Å². The first kappa shape index (κ1) is 20.2. The van der Waals surface area contributed by atoms with E-state index in [1.165, 1.54) is 0 Å². The predicted octanol–water partition coefficient (Wildman–Crippen LogP) is 3.75. The molecule has 2 heterocycles. The van der Waals surface area contributed by atoms with Crippen LogP contribution in [0.1, 0.15) is 10.4 Å². The van der Waals surface area contributed by atoms with Gasteiger partial charge in [0.1, 0.15) is 23.8 Å². The van der Waals surface area contributed by atoms with Gasteiger partial charge in [0, 0.05) is 24.2 Å². The van der Waals surface area contributed by atoms with Gasteiger partial charge in [-0.05, 0) is 48.5 Å². The topological polar surface area (TPSA) is 78.3 Å². The average Bonchev–Trinajstić information content (AvgIpc) is 3.29. The van der Waals surface area contributed by atoms with Crippen LogP contribution in [0, 0.1) is 0 Å². The number of aromatic nitrogens is 3. The summed E-state index contributed by atoms with van der Waals surface area (Å²) in [6, 6.07) is 20.7.